The number of piperidine rings is 1. The van der Waals surface area contributed by atoms with E-state index >= 15 is 0 Å². The third-order valence-electron chi connectivity index (χ3n) is 5.98. The van der Waals surface area contributed by atoms with Crippen LogP contribution in [0, 0.1) is 19.8 Å². The third-order valence-corrected chi connectivity index (χ3v) is 7.28. The van der Waals surface area contributed by atoms with Crippen molar-refractivity contribution in [3.05, 3.63) is 29.8 Å². The van der Waals surface area contributed by atoms with E-state index in [1.54, 1.807) is 9.58 Å². The van der Waals surface area contributed by atoms with Gasteiger partial charge in [-0.3, -0.25) is 4.79 Å². The fourth-order valence-corrected chi connectivity index (χ4v) is 5.20. The second-order valence-electron chi connectivity index (χ2n) is 8.35. The molecule has 0 bridgehead atoms. The topological polar surface area (TPSA) is 105 Å². The molecule has 31 heavy (non-hydrogen) atoms. The average molecular weight is 448 g/mol. The lowest BCUT2D eigenvalue weighted by molar-refractivity contribution is -0.137. The van der Waals surface area contributed by atoms with Crippen molar-refractivity contribution < 1.29 is 13.2 Å². The maximum atomic E-state index is 13.1. The molecular weight excluding hydrogens is 418 g/mol. The van der Waals surface area contributed by atoms with Crippen LogP contribution in [0.1, 0.15) is 24.2 Å². The summed E-state index contributed by atoms with van der Waals surface area (Å²) in [6.45, 7) is 6.97. The van der Waals surface area contributed by atoms with Crippen molar-refractivity contribution in [1.29, 1.82) is 0 Å². The highest BCUT2D eigenvalue weighted by Gasteiger charge is 2.33. The van der Waals surface area contributed by atoms with Gasteiger partial charge in [0.2, 0.25) is 15.9 Å². The fraction of sp³-hybridized carbons (Fsp3) is 0.600. The first-order valence-corrected chi connectivity index (χ1v) is 12.4. The van der Waals surface area contributed by atoms with Gasteiger partial charge in [0.1, 0.15) is 12.1 Å². The Hall–Kier alpha value is -2.53. The Labute approximate surface area is 182 Å². The zero-order valence-electron chi connectivity index (χ0n) is 18.2. The lowest BCUT2D eigenvalue weighted by Crippen LogP contribution is -2.53. The Balaban J connectivity index is 1.44. The monoisotopic (exact) mass is 447 g/mol. The van der Waals surface area contributed by atoms with E-state index in [0.717, 1.165) is 36.6 Å². The van der Waals surface area contributed by atoms with Crippen LogP contribution in [0.5, 0.6) is 0 Å². The molecule has 0 N–H and O–H groups in total. The molecule has 11 heteroatoms. The number of carbonyl (C=O) groups excluding carboxylic acids is 1. The van der Waals surface area contributed by atoms with Gasteiger partial charge in [0.25, 0.3) is 0 Å². The number of anilines is 1. The summed E-state index contributed by atoms with van der Waals surface area (Å²) in [6, 6.07) is 3.91. The van der Waals surface area contributed by atoms with E-state index in [0.29, 0.717) is 38.5 Å². The molecule has 2 aliphatic rings. The SMILES string of the molecule is Cc1cc(C)n(-c2cc(N3CCC[C@@H](C(=O)N4CCN(S(C)(=O)=O)CC4)C3)ncn2)n1. The molecule has 0 aromatic carbocycles. The van der Waals surface area contributed by atoms with Crippen LogP contribution in [0.3, 0.4) is 0 Å². The highest BCUT2D eigenvalue weighted by molar-refractivity contribution is 7.88. The van der Waals surface area contributed by atoms with E-state index in [4.69, 9.17) is 0 Å². The van der Waals surface area contributed by atoms with Gasteiger partial charge >= 0.3 is 0 Å². The number of hydrogen-bond acceptors (Lipinski definition) is 7. The van der Waals surface area contributed by atoms with Gasteiger partial charge in [-0.2, -0.15) is 9.40 Å². The second-order valence-corrected chi connectivity index (χ2v) is 10.3. The van der Waals surface area contributed by atoms with Crippen LogP contribution < -0.4 is 4.90 Å². The summed E-state index contributed by atoms with van der Waals surface area (Å²) in [6.07, 6.45) is 4.48. The molecule has 2 saturated heterocycles. The van der Waals surface area contributed by atoms with Gasteiger partial charge in [-0.1, -0.05) is 0 Å². The van der Waals surface area contributed by atoms with Crippen LogP contribution in [0.25, 0.3) is 5.82 Å². The lowest BCUT2D eigenvalue weighted by atomic mass is 9.96. The third kappa shape index (κ3) is 4.72. The fourth-order valence-electron chi connectivity index (χ4n) is 4.37. The zero-order chi connectivity index (χ0) is 22.2. The summed E-state index contributed by atoms with van der Waals surface area (Å²) in [5, 5.41) is 4.49. The maximum Gasteiger partial charge on any atom is 0.227 e. The van der Waals surface area contributed by atoms with Crippen molar-refractivity contribution in [3.63, 3.8) is 0 Å². The summed E-state index contributed by atoms with van der Waals surface area (Å²) in [5.74, 6) is 1.48. The quantitative estimate of drug-likeness (QED) is 0.676. The minimum absolute atomic E-state index is 0.102. The first-order chi connectivity index (χ1) is 14.7. The zero-order valence-corrected chi connectivity index (χ0v) is 19.0. The number of rotatable bonds is 4. The lowest BCUT2D eigenvalue weighted by Gasteiger charge is -2.38. The Morgan fingerprint density at radius 1 is 1.03 bits per heavy atom. The Morgan fingerprint density at radius 3 is 2.39 bits per heavy atom. The van der Waals surface area contributed by atoms with Gasteiger partial charge in [-0.25, -0.2) is 23.1 Å². The molecule has 168 valence electrons. The molecule has 4 heterocycles. The minimum Gasteiger partial charge on any atom is -0.356 e. The summed E-state index contributed by atoms with van der Waals surface area (Å²) < 4.78 is 26.7. The van der Waals surface area contributed by atoms with Gasteiger partial charge in [0.05, 0.1) is 17.9 Å². The molecule has 0 aliphatic carbocycles. The van der Waals surface area contributed by atoms with Crippen LogP contribution in [-0.2, 0) is 14.8 Å². The number of aromatic nitrogens is 4. The molecular formula is C20H29N7O3S. The number of sulfonamides is 1. The summed E-state index contributed by atoms with van der Waals surface area (Å²) in [4.78, 5) is 25.9. The van der Waals surface area contributed by atoms with Crippen molar-refractivity contribution in [2.24, 2.45) is 5.92 Å². The average Bonchev–Trinajstić information content (AvgIpc) is 3.11. The van der Waals surface area contributed by atoms with E-state index in [1.807, 2.05) is 26.0 Å². The normalized spacial score (nSPS) is 20.8. The number of carbonyl (C=O) groups is 1. The standard InChI is InChI=1S/C20H29N7O3S/c1-15-11-16(2)27(23-15)19-12-18(21-14-22-19)25-6-4-5-17(13-25)20(28)24-7-9-26(10-8-24)31(3,29)30/h11-12,14,17H,4-10,13H2,1-3H3/t17-/m1/s1. The van der Waals surface area contributed by atoms with Gasteiger partial charge in [0, 0.05) is 51.0 Å². The van der Waals surface area contributed by atoms with Crippen LogP contribution in [-0.4, -0.2) is 88.8 Å². The van der Waals surface area contributed by atoms with Gasteiger partial charge in [-0.15, -0.1) is 0 Å². The van der Waals surface area contributed by atoms with Crippen LogP contribution in [0.15, 0.2) is 18.5 Å². The van der Waals surface area contributed by atoms with Gasteiger partial charge < -0.3 is 9.80 Å². The highest BCUT2D eigenvalue weighted by Crippen LogP contribution is 2.25. The molecule has 0 unspecified atom stereocenters. The van der Waals surface area contributed by atoms with E-state index in [1.165, 1.54) is 16.9 Å². The summed E-state index contributed by atoms with van der Waals surface area (Å²) in [7, 11) is -3.21. The Bertz CT molecular complexity index is 1060. The van der Waals surface area contributed by atoms with Crippen molar-refractivity contribution >= 4 is 21.7 Å². The molecule has 2 fully saturated rings. The number of aryl methyl sites for hydroxylation is 2. The first kappa shape index (κ1) is 21.7. The van der Waals surface area contributed by atoms with Crippen molar-refractivity contribution in [2.45, 2.75) is 26.7 Å². The molecule has 4 rings (SSSR count). The van der Waals surface area contributed by atoms with Crippen LogP contribution in [0.2, 0.25) is 0 Å². The van der Waals surface area contributed by atoms with E-state index in [2.05, 4.69) is 20.0 Å². The number of amides is 1. The Kier molecular flexibility index (Phi) is 5.98. The van der Waals surface area contributed by atoms with Crippen molar-refractivity contribution in [1.82, 2.24) is 29.0 Å². The maximum absolute atomic E-state index is 13.1. The van der Waals surface area contributed by atoms with E-state index in [9.17, 15) is 13.2 Å². The van der Waals surface area contributed by atoms with Crippen molar-refractivity contribution in [2.75, 3.05) is 50.4 Å². The predicted octanol–water partition coefficient (Wildman–Crippen LogP) is 0.599. The molecule has 2 aromatic rings. The molecule has 1 amide bonds. The molecule has 2 aliphatic heterocycles. The van der Waals surface area contributed by atoms with Crippen LogP contribution in [0.4, 0.5) is 5.82 Å². The summed E-state index contributed by atoms with van der Waals surface area (Å²) in [5.41, 5.74) is 1.93. The molecule has 1 atom stereocenters. The summed E-state index contributed by atoms with van der Waals surface area (Å²) >= 11 is 0. The largest absolute Gasteiger partial charge is 0.356 e. The van der Waals surface area contributed by atoms with Gasteiger partial charge in [0.15, 0.2) is 5.82 Å². The molecule has 2 aromatic heterocycles. The number of nitrogens with zero attached hydrogens (tertiary/aromatic N) is 7. The highest BCUT2D eigenvalue weighted by atomic mass is 32.2. The first-order valence-electron chi connectivity index (χ1n) is 10.6. The smallest absolute Gasteiger partial charge is 0.227 e. The number of hydrogen-bond donors (Lipinski definition) is 0. The molecule has 0 saturated carbocycles. The molecule has 0 spiro atoms. The second kappa shape index (κ2) is 8.54. The van der Waals surface area contributed by atoms with Gasteiger partial charge in [-0.05, 0) is 32.8 Å². The molecule has 0 radical (unpaired) electrons. The predicted molar refractivity (Wildman–Crippen MR) is 117 cm³/mol. The minimum atomic E-state index is -3.21. The van der Waals surface area contributed by atoms with Crippen molar-refractivity contribution in [3.8, 4) is 5.82 Å². The van der Waals surface area contributed by atoms with E-state index < -0.39 is 10.0 Å². The van der Waals surface area contributed by atoms with E-state index in [-0.39, 0.29) is 11.8 Å². The Morgan fingerprint density at radius 2 is 1.74 bits per heavy atom. The number of piperazine rings is 1. The molecule has 10 nitrogen and oxygen atoms in total. The van der Waals surface area contributed by atoms with Crippen LogP contribution >= 0.6 is 0 Å².